The lowest BCUT2D eigenvalue weighted by molar-refractivity contribution is -0.144. The summed E-state index contributed by atoms with van der Waals surface area (Å²) < 4.78 is 10.8. The summed E-state index contributed by atoms with van der Waals surface area (Å²) in [6.07, 6.45) is 1.56. The number of benzene rings is 2. The molecule has 42 heavy (non-hydrogen) atoms. The lowest BCUT2D eigenvalue weighted by Crippen LogP contribution is -2.57. The maximum Gasteiger partial charge on any atom is 0.408 e. The van der Waals surface area contributed by atoms with E-state index in [1.165, 1.54) is 0 Å². The van der Waals surface area contributed by atoms with E-state index in [0.717, 1.165) is 17.5 Å². The third kappa shape index (κ3) is 10.1. The number of alkyl carbamates (subject to hydrolysis) is 1. The second-order valence-electron chi connectivity index (χ2n) is 12.6. The Morgan fingerprint density at radius 2 is 1.55 bits per heavy atom. The van der Waals surface area contributed by atoms with E-state index in [9.17, 15) is 14.4 Å². The van der Waals surface area contributed by atoms with Gasteiger partial charge in [-0.3, -0.25) is 9.59 Å². The Hall–Kier alpha value is -3.55. The lowest BCUT2D eigenvalue weighted by Gasteiger charge is -2.40. The molecular formula is C34H51N3O5. The Balaban J connectivity index is 2.65. The fourth-order valence-electron chi connectivity index (χ4n) is 4.79. The molecule has 2 aromatic rings. The smallest absolute Gasteiger partial charge is 0.408 e. The molecule has 4 unspecified atom stereocenters. The molecule has 0 aliphatic rings. The van der Waals surface area contributed by atoms with Crippen molar-refractivity contribution < 1.29 is 23.9 Å². The SMILES string of the molecule is CCC(C)C(NC(=O)OC(C)(C)C)C(=O)N(C(C)CCC(C)C)C(C(=O)Nc1ccc(OC)cc1)c1ccccc1C. The summed E-state index contributed by atoms with van der Waals surface area (Å²) >= 11 is 0. The highest BCUT2D eigenvalue weighted by Gasteiger charge is 2.40. The van der Waals surface area contributed by atoms with Crippen LogP contribution in [-0.4, -0.2) is 47.6 Å². The molecule has 3 amide bonds. The van der Waals surface area contributed by atoms with Crippen LogP contribution in [0.3, 0.4) is 0 Å². The highest BCUT2D eigenvalue weighted by molar-refractivity contribution is 5.99. The molecule has 0 fully saturated rings. The standard InChI is InChI=1S/C34H51N3O5/c1-11-23(4)29(36-33(40)42-34(7,8)9)32(39)37(25(6)17-16-22(2)3)30(28-15-13-12-14-24(28)5)31(38)35-26-18-20-27(41-10)21-19-26/h12-15,18-23,25,29-30H,11,16-17H2,1-10H3,(H,35,38)(H,36,40). The van der Waals surface area contributed by atoms with Gasteiger partial charge in [0.15, 0.2) is 0 Å². The van der Waals surface area contributed by atoms with Gasteiger partial charge in [-0.1, -0.05) is 58.4 Å². The van der Waals surface area contributed by atoms with Crippen LogP contribution < -0.4 is 15.4 Å². The van der Waals surface area contributed by atoms with Crippen LogP contribution >= 0.6 is 0 Å². The summed E-state index contributed by atoms with van der Waals surface area (Å²) in [5.74, 6) is 0.239. The molecule has 0 saturated carbocycles. The monoisotopic (exact) mass is 581 g/mol. The number of ether oxygens (including phenoxy) is 2. The molecule has 232 valence electrons. The fourth-order valence-corrected chi connectivity index (χ4v) is 4.79. The number of methoxy groups -OCH3 is 1. The van der Waals surface area contributed by atoms with Gasteiger partial charge in [0, 0.05) is 11.7 Å². The Morgan fingerprint density at radius 3 is 2.07 bits per heavy atom. The van der Waals surface area contributed by atoms with Gasteiger partial charge in [0.05, 0.1) is 7.11 Å². The van der Waals surface area contributed by atoms with Crippen molar-refractivity contribution in [1.82, 2.24) is 10.2 Å². The number of amides is 3. The Kier molecular flexibility index (Phi) is 12.9. The average Bonchev–Trinajstić information content (AvgIpc) is 2.92. The quantitative estimate of drug-likeness (QED) is 0.259. The lowest BCUT2D eigenvalue weighted by atomic mass is 9.92. The zero-order valence-corrected chi connectivity index (χ0v) is 27.1. The largest absolute Gasteiger partial charge is 0.497 e. The molecule has 0 spiro atoms. The number of carbonyl (C=O) groups is 3. The molecule has 2 aromatic carbocycles. The predicted octanol–water partition coefficient (Wildman–Crippen LogP) is 7.28. The molecule has 8 heteroatoms. The van der Waals surface area contributed by atoms with Gasteiger partial charge in [0.1, 0.15) is 23.4 Å². The molecule has 0 radical (unpaired) electrons. The number of nitrogens with zero attached hydrogens (tertiary/aromatic N) is 1. The van der Waals surface area contributed by atoms with Crippen LogP contribution in [-0.2, 0) is 14.3 Å². The van der Waals surface area contributed by atoms with Gasteiger partial charge in [-0.15, -0.1) is 0 Å². The molecule has 0 aromatic heterocycles. The summed E-state index contributed by atoms with van der Waals surface area (Å²) in [6, 6.07) is 12.6. The van der Waals surface area contributed by atoms with Crippen molar-refractivity contribution in [3.8, 4) is 5.75 Å². The van der Waals surface area contributed by atoms with Gasteiger partial charge in [0.25, 0.3) is 5.91 Å². The van der Waals surface area contributed by atoms with Crippen LogP contribution in [0.1, 0.15) is 91.8 Å². The van der Waals surface area contributed by atoms with Crippen molar-refractivity contribution in [2.75, 3.05) is 12.4 Å². The third-order valence-corrected chi connectivity index (χ3v) is 7.41. The molecule has 4 atom stereocenters. The van der Waals surface area contributed by atoms with Crippen LogP contribution in [0.4, 0.5) is 10.5 Å². The number of nitrogens with one attached hydrogen (secondary N) is 2. The molecule has 0 aliphatic heterocycles. The van der Waals surface area contributed by atoms with Gasteiger partial charge in [0.2, 0.25) is 5.91 Å². The predicted molar refractivity (Wildman–Crippen MR) is 169 cm³/mol. The summed E-state index contributed by atoms with van der Waals surface area (Å²) in [6.45, 7) is 17.4. The molecular weight excluding hydrogens is 530 g/mol. The van der Waals surface area contributed by atoms with Gasteiger partial charge in [-0.2, -0.15) is 0 Å². The average molecular weight is 582 g/mol. The van der Waals surface area contributed by atoms with Gasteiger partial charge in [-0.25, -0.2) is 4.79 Å². The number of hydrogen-bond donors (Lipinski definition) is 2. The van der Waals surface area contributed by atoms with E-state index in [4.69, 9.17) is 9.47 Å². The number of hydrogen-bond acceptors (Lipinski definition) is 5. The highest BCUT2D eigenvalue weighted by Crippen LogP contribution is 2.32. The normalized spacial score (nSPS) is 14.4. The summed E-state index contributed by atoms with van der Waals surface area (Å²) in [5.41, 5.74) is 1.49. The van der Waals surface area contributed by atoms with Crippen molar-refractivity contribution in [2.24, 2.45) is 11.8 Å². The molecule has 0 saturated heterocycles. The first-order valence-electron chi connectivity index (χ1n) is 15.0. The van der Waals surface area contributed by atoms with Crippen molar-refractivity contribution in [1.29, 1.82) is 0 Å². The molecule has 0 aliphatic carbocycles. The number of aryl methyl sites for hydroxylation is 1. The van der Waals surface area contributed by atoms with Crippen molar-refractivity contribution in [3.63, 3.8) is 0 Å². The minimum atomic E-state index is -0.935. The first-order valence-corrected chi connectivity index (χ1v) is 15.0. The van der Waals surface area contributed by atoms with E-state index in [2.05, 4.69) is 24.5 Å². The Morgan fingerprint density at radius 1 is 0.929 bits per heavy atom. The second kappa shape index (κ2) is 15.6. The minimum Gasteiger partial charge on any atom is -0.497 e. The van der Waals surface area contributed by atoms with E-state index < -0.39 is 23.8 Å². The van der Waals surface area contributed by atoms with E-state index >= 15 is 0 Å². The summed E-state index contributed by atoms with van der Waals surface area (Å²) in [5, 5.41) is 5.88. The summed E-state index contributed by atoms with van der Waals surface area (Å²) in [7, 11) is 1.59. The van der Waals surface area contributed by atoms with Crippen LogP contribution in [0.5, 0.6) is 5.75 Å². The topological polar surface area (TPSA) is 97.0 Å². The first kappa shape index (κ1) is 34.7. The van der Waals surface area contributed by atoms with Gasteiger partial charge >= 0.3 is 6.09 Å². The Bertz CT molecular complexity index is 1170. The maximum absolute atomic E-state index is 14.7. The van der Waals surface area contributed by atoms with Crippen LogP contribution in [0.2, 0.25) is 0 Å². The maximum atomic E-state index is 14.7. The molecule has 8 nitrogen and oxygen atoms in total. The van der Waals surface area contributed by atoms with E-state index in [-0.39, 0.29) is 23.8 Å². The van der Waals surface area contributed by atoms with Crippen LogP contribution in [0.25, 0.3) is 0 Å². The zero-order chi connectivity index (χ0) is 31.6. The summed E-state index contributed by atoms with van der Waals surface area (Å²) in [4.78, 5) is 43.5. The van der Waals surface area contributed by atoms with Crippen molar-refractivity contribution in [2.45, 2.75) is 105 Å². The highest BCUT2D eigenvalue weighted by atomic mass is 16.6. The second-order valence-corrected chi connectivity index (χ2v) is 12.6. The Labute approximate surface area is 252 Å². The molecule has 2 N–H and O–H groups in total. The zero-order valence-electron chi connectivity index (χ0n) is 27.1. The van der Waals surface area contributed by atoms with Gasteiger partial charge < -0.3 is 25.0 Å². The molecule has 0 bridgehead atoms. The van der Waals surface area contributed by atoms with E-state index in [1.807, 2.05) is 52.0 Å². The number of carbonyl (C=O) groups excluding carboxylic acids is 3. The van der Waals surface area contributed by atoms with Crippen molar-refractivity contribution in [3.05, 3.63) is 59.7 Å². The number of rotatable bonds is 13. The van der Waals surface area contributed by atoms with E-state index in [0.29, 0.717) is 30.2 Å². The van der Waals surface area contributed by atoms with E-state index in [1.54, 1.807) is 57.0 Å². The number of anilines is 1. The molecule has 2 rings (SSSR count). The third-order valence-electron chi connectivity index (χ3n) is 7.41. The van der Waals surface area contributed by atoms with Gasteiger partial charge in [-0.05, 0) is 94.7 Å². The first-order chi connectivity index (χ1) is 19.7. The fraction of sp³-hybridized carbons (Fsp3) is 0.559. The van der Waals surface area contributed by atoms with Crippen LogP contribution in [0.15, 0.2) is 48.5 Å². The molecule has 0 heterocycles. The van der Waals surface area contributed by atoms with Crippen LogP contribution in [0, 0.1) is 18.8 Å². The minimum absolute atomic E-state index is 0.202. The van der Waals surface area contributed by atoms with Crippen molar-refractivity contribution >= 4 is 23.6 Å².